The molecule has 10 nitrogen and oxygen atoms in total. The van der Waals surface area contributed by atoms with Gasteiger partial charge in [0.05, 0.1) is 24.3 Å². The molecule has 0 radical (unpaired) electrons. The van der Waals surface area contributed by atoms with Crippen molar-refractivity contribution in [3.8, 4) is 23.0 Å². The number of hydrogen-bond acceptors (Lipinski definition) is 10. The molecule has 0 aliphatic heterocycles. The van der Waals surface area contributed by atoms with Crippen LogP contribution in [0.3, 0.4) is 0 Å². The number of carbonyl (C=O) groups is 4. The lowest BCUT2D eigenvalue weighted by molar-refractivity contribution is -0.131. The highest BCUT2D eigenvalue weighted by atomic mass is 79.9. The molecule has 0 saturated heterocycles. The molecule has 0 aromatic heterocycles. The first-order valence-electron chi connectivity index (χ1n) is 20.8. The van der Waals surface area contributed by atoms with Crippen LogP contribution in [0.4, 0.5) is 0 Å². The first-order chi connectivity index (χ1) is 30.0. The molecule has 0 N–H and O–H groups in total. The normalized spacial score (nSPS) is 11.1. The molecule has 0 aliphatic rings. The average molecular weight is 973 g/mol. The number of halogens is 2. The zero-order valence-electron chi connectivity index (χ0n) is 35.6. The number of nitrogens with zero attached hydrogens (tertiary/aromatic N) is 2. The summed E-state index contributed by atoms with van der Waals surface area (Å²) in [7, 11) is 4.14. The quantitative estimate of drug-likeness (QED) is 0.0136. The van der Waals surface area contributed by atoms with Gasteiger partial charge in [0.15, 0.2) is 11.6 Å². The SMILES string of the molecule is C=CCN(C)CCCCCCOc1ccc(C(=O)c2ccc(Br)cc2)c(OC(=O)/C=C/C(=O)Oc2cc(OCCCCCCN(C)CC=C)ccc2C(=O)c2ccc(Br)cc2)c1. The first kappa shape index (κ1) is 49.5. The highest BCUT2D eigenvalue weighted by Gasteiger charge is 2.20. The number of ketones is 2. The Kier molecular flexibility index (Phi) is 21.6. The van der Waals surface area contributed by atoms with Gasteiger partial charge in [-0.05, 0) is 126 Å². The standard InChI is InChI=1S/C50H56Br2N2O8/c1-5-29-53(3)31-11-7-9-13-33-59-41-23-25-43(49(57)37-15-19-39(51)20-16-37)45(35-41)61-47(55)27-28-48(56)62-46-36-42(60-34-14-10-8-12-32-54(4)30-6-2)24-26-44(46)50(58)38-17-21-40(52)22-18-38/h5-6,15-28,35-36H,1-2,7-14,29-34H2,3-4H3/b28-27+. The third-order valence-corrected chi connectivity index (χ3v) is 10.7. The fraction of sp³-hybridized carbons (Fsp3) is 0.320. The lowest BCUT2D eigenvalue weighted by Gasteiger charge is -2.14. The maximum absolute atomic E-state index is 13.6. The van der Waals surface area contributed by atoms with Gasteiger partial charge in [0, 0.05) is 57.4 Å². The summed E-state index contributed by atoms with van der Waals surface area (Å²) in [5, 5.41) is 0. The third kappa shape index (κ3) is 17.3. The summed E-state index contributed by atoms with van der Waals surface area (Å²) in [6.07, 6.45) is 13.5. The number of hydrogen-bond donors (Lipinski definition) is 0. The van der Waals surface area contributed by atoms with Crippen LogP contribution in [0.1, 0.15) is 83.2 Å². The Bertz CT molecular complexity index is 1980. The van der Waals surface area contributed by atoms with E-state index in [0.717, 1.165) is 98.6 Å². The maximum Gasteiger partial charge on any atom is 0.336 e. The van der Waals surface area contributed by atoms with Gasteiger partial charge in [-0.3, -0.25) is 9.59 Å². The Morgan fingerprint density at radius 2 is 0.903 bits per heavy atom. The van der Waals surface area contributed by atoms with Crippen molar-refractivity contribution in [3.63, 3.8) is 0 Å². The fourth-order valence-corrected chi connectivity index (χ4v) is 6.87. The molecule has 0 unspecified atom stereocenters. The molecule has 12 heteroatoms. The van der Waals surface area contributed by atoms with Crippen LogP contribution in [-0.2, 0) is 9.59 Å². The first-order valence-corrected chi connectivity index (χ1v) is 22.4. The highest BCUT2D eigenvalue weighted by Crippen LogP contribution is 2.30. The van der Waals surface area contributed by atoms with Crippen LogP contribution in [0.15, 0.2) is 131 Å². The predicted molar refractivity (Wildman–Crippen MR) is 252 cm³/mol. The summed E-state index contributed by atoms with van der Waals surface area (Å²) < 4.78 is 24.9. The predicted octanol–water partition coefficient (Wildman–Crippen LogP) is 10.9. The van der Waals surface area contributed by atoms with Crippen molar-refractivity contribution in [2.45, 2.75) is 51.4 Å². The van der Waals surface area contributed by atoms with Crippen LogP contribution in [0.5, 0.6) is 23.0 Å². The van der Waals surface area contributed by atoms with Gasteiger partial charge in [0.1, 0.15) is 23.0 Å². The number of unbranched alkanes of at least 4 members (excludes halogenated alkanes) is 6. The summed E-state index contributed by atoms with van der Waals surface area (Å²) in [5.74, 6) is -1.81. The van der Waals surface area contributed by atoms with Crippen molar-refractivity contribution in [2.75, 3.05) is 53.5 Å². The minimum absolute atomic E-state index is 0.0315. The van der Waals surface area contributed by atoms with Gasteiger partial charge >= 0.3 is 11.9 Å². The Labute approximate surface area is 382 Å². The number of likely N-dealkylation sites (N-methyl/N-ethyl adjacent to an activating group) is 2. The van der Waals surface area contributed by atoms with E-state index < -0.39 is 11.9 Å². The smallest absolute Gasteiger partial charge is 0.336 e. The number of benzene rings is 4. The second-order valence-electron chi connectivity index (χ2n) is 14.8. The molecule has 4 rings (SSSR count). The van der Waals surface area contributed by atoms with E-state index in [0.29, 0.717) is 35.8 Å². The fourth-order valence-electron chi connectivity index (χ4n) is 6.34. The summed E-state index contributed by atoms with van der Waals surface area (Å²) in [4.78, 5) is 58.1. The molecule has 0 heterocycles. The molecule has 328 valence electrons. The van der Waals surface area contributed by atoms with Crippen LogP contribution in [0.25, 0.3) is 0 Å². The maximum atomic E-state index is 13.6. The summed E-state index contributed by atoms with van der Waals surface area (Å²) in [6.45, 7) is 12.1. The minimum atomic E-state index is -0.930. The van der Waals surface area contributed by atoms with E-state index in [1.165, 1.54) is 12.1 Å². The molecular formula is C50H56Br2N2O8. The van der Waals surface area contributed by atoms with Crippen molar-refractivity contribution in [2.24, 2.45) is 0 Å². The summed E-state index contributed by atoms with van der Waals surface area (Å²) in [6, 6.07) is 23.1. The molecule has 0 bridgehead atoms. The Morgan fingerprint density at radius 1 is 0.532 bits per heavy atom. The molecular weight excluding hydrogens is 916 g/mol. The van der Waals surface area contributed by atoms with Crippen molar-refractivity contribution in [3.05, 3.63) is 154 Å². The van der Waals surface area contributed by atoms with E-state index in [1.807, 2.05) is 12.2 Å². The van der Waals surface area contributed by atoms with Gasteiger partial charge in [-0.2, -0.15) is 0 Å². The largest absolute Gasteiger partial charge is 0.493 e. The van der Waals surface area contributed by atoms with Gasteiger partial charge in [-0.1, -0.05) is 69.7 Å². The third-order valence-electron chi connectivity index (χ3n) is 9.67. The molecule has 0 saturated carbocycles. The van der Waals surface area contributed by atoms with E-state index in [2.05, 4.69) is 68.9 Å². The number of esters is 2. The number of ether oxygens (including phenoxy) is 4. The Morgan fingerprint density at radius 3 is 1.27 bits per heavy atom. The van der Waals surface area contributed by atoms with Crippen molar-refractivity contribution >= 4 is 55.4 Å². The van der Waals surface area contributed by atoms with E-state index in [9.17, 15) is 19.2 Å². The average Bonchev–Trinajstić information content (AvgIpc) is 3.25. The summed E-state index contributed by atoms with van der Waals surface area (Å²) >= 11 is 6.78. The van der Waals surface area contributed by atoms with Crippen LogP contribution >= 0.6 is 31.9 Å². The molecule has 0 spiro atoms. The zero-order valence-corrected chi connectivity index (χ0v) is 38.8. The summed E-state index contributed by atoms with van der Waals surface area (Å²) in [5.41, 5.74) is 1.05. The molecule has 4 aromatic rings. The highest BCUT2D eigenvalue weighted by molar-refractivity contribution is 9.10. The van der Waals surface area contributed by atoms with Gasteiger partial charge in [-0.25, -0.2) is 9.59 Å². The lowest BCUT2D eigenvalue weighted by Crippen LogP contribution is -2.19. The van der Waals surface area contributed by atoms with E-state index >= 15 is 0 Å². The van der Waals surface area contributed by atoms with Crippen LogP contribution in [0, 0.1) is 0 Å². The molecule has 4 aromatic carbocycles. The second-order valence-corrected chi connectivity index (χ2v) is 16.6. The second kappa shape index (κ2) is 27.0. The van der Waals surface area contributed by atoms with Crippen LogP contribution in [0.2, 0.25) is 0 Å². The molecule has 0 atom stereocenters. The van der Waals surface area contributed by atoms with Crippen molar-refractivity contribution < 1.29 is 38.1 Å². The number of carbonyl (C=O) groups excluding carboxylic acids is 4. The zero-order chi connectivity index (χ0) is 44.7. The number of rotatable bonds is 28. The van der Waals surface area contributed by atoms with E-state index in [-0.39, 0.29) is 34.2 Å². The van der Waals surface area contributed by atoms with Crippen molar-refractivity contribution in [1.29, 1.82) is 0 Å². The van der Waals surface area contributed by atoms with E-state index in [4.69, 9.17) is 18.9 Å². The topological polar surface area (TPSA) is 112 Å². The van der Waals surface area contributed by atoms with Gasteiger partial charge in [0.2, 0.25) is 0 Å². The Hall–Kier alpha value is -5.14. The monoisotopic (exact) mass is 970 g/mol. The van der Waals surface area contributed by atoms with Crippen LogP contribution in [-0.4, -0.2) is 86.8 Å². The van der Waals surface area contributed by atoms with Gasteiger partial charge in [-0.15, -0.1) is 13.2 Å². The van der Waals surface area contributed by atoms with Gasteiger partial charge < -0.3 is 28.7 Å². The molecule has 62 heavy (non-hydrogen) atoms. The van der Waals surface area contributed by atoms with E-state index in [1.54, 1.807) is 72.8 Å². The Balaban J connectivity index is 1.44. The minimum Gasteiger partial charge on any atom is -0.493 e. The molecule has 0 amide bonds. The van der Waals surface area contributed by atoms with Crippen LogP contribution < -0.4 is 18.9 Å². The molecule has 0 aliphatic carbocycles. The van der Waals surface area contributed by atoms with Gasteiger partial charge in [0.25, 0.3) is 0 Å². The lowest BCUT2D eigenvalue weighted by atomic mass is 10.0. The molecule has 0 fully saturated rings. The van der Waals surface area contributed by atoms with Crippen molar-refractivity contribution in [1.82, 2.24) is 9.80 Å².